The Labute approximate surface area is 720 Å². The number of hydrogen-bond donors (Lipinski definition) is 11. The van der Waals surface area contributed by atoms with E-state index in [0.29, 0.717) is 134 Å². The number of methoxy groups -OCH3 is 2. The van der Waals surface area contributed by atoms with Crippen LogP contribution < -0.4 is 48.7 Å². The van der Waals surface area contributed by atoms with Crippen molar-refractivity contribution in [2.24, 2.45) is 41.1 Å². The Balaban J connectivity index is 1.08. The van der Waals surface area contributed by atoms with Gasteiger partial charge >= 0.3 is 12.1 Å². The second-order valence-electron chi connectivity index (χ2n) is 32.5. The average Bonchev–Trinajstić information content (AvgIpc) is 1.62. The molecule has 0 bridgehead atoms. The number of hydrogen-bond acceptors (Lipinski definition) is 24. The third-order valence-corrected chi connectivity index (χ3v) is 22.3. The molecule has 36 heteroatoms. The van der Waals surface area contributed by atoms with Crippen LogP contribution in [0.4, 0.5) is 15.3 Å². The number of aliphatic hydroxyl groups is 2. The lowest BCUT2D eigenvalue weighted by atomic mass is 9.89. The number of urea groups is 1. The molecule has 688 valence electrons. The topological polar surface area (TPSA) is 471 Å². The number of nitrogens with two attached hydrogens (primary N) is 2. The van der Waals surface area contributed by atoms with E-state index in [1.165, 1.54) is 26.2 Å². The Bertz CT molecular complexity index is 3620. The molecule has 2 aliphatic rings. The normalized spacial score (nSPS) is 17.2. The Morgan fingerprint density at radius 3 is 1.86 bits per heavy atom. The van der Waals surface area contributed by atoms with Crippen LogP contribution in [0.15, 0.2) is 54.6 Å². The van der Waals surface area contributed by atoms with Crippen LogP contribution in [0.25, 0.3) is 0 Å². The maximum Gasteiger partial charge on any atom is 0.410 e. The second kappa shape index (κ2) is 56.3. The number of ether oxygens (including phenoxy) is 9. The summed E-state index contributed by atoms with van der Waals surface area (Å²) in [7, 11) is 6.08. The number of nitrogens with zero attached hydrogens (tertiary/aromatic N) is 6. The smallest absolute Gasteiger partial charge is 0.410 e. The zero-order valence-electron chi connectivity index (χ0n) is 74.4. The van der Waals surface area contributed by atoms with E-state index in [9.17, 15) is 53.1 Å². The summed E-state index contributed by atoms with van der Waals surface area (Å²) in [5.41, 5.74) is 14.9. The minimum atomic E-state index is -1.17. The van der Waals surface area contributed by atoms with Gasteiger partial charge in [-0.05, 0) is 118 Å². The fourth-order valence-electron chi connectivity index (χ4n) is 15.1. The number of carbonyl (C=O) groups excluding carboxylic acids is 10. The highest BCUT2D eigenvalue weighted by molar-refractivity contribution is 5.99. The highest BCUT2D eigenvalue weighted by Gasteiger charge is 2.45. The van der Waals surface area contributed by atoms with Crippen molar-refractivity contribution in [2.75, 3.05) is 133 Å². The number of rotatable bonds is 58. The van der Waals surface area contributed by atoms with Gasteiger partial charge in [0.25, 0.3) is 0 Å². The van der Waals surface area contributed by atoms with Crippen molar-refractivity contribution in [3.05, 3.63) is 77.1 Å². The van der Waals surface area contributed by atoms with Gasteiger partial charge in [-0.1, -0.05) is 129 Å². The van der Waals surface area contributed by atoms with Gasteiger partial charge in [-0.2, -0.15) is 0 Å². The summed E-state index contributed by atoms with van der Waals surface area (Å²) in [6, 6.07) is 7.49. The van der Waals surface area contributed by atoms with Gasteiger partial charge in [0.1, 0.15) is 49.2 Å². The van der Waals surface area contributed by atoms with Crippen molar-refractivity contribution >= 4 is 65.1 Å². The van der Waals surface area contributed by atoms with Crippen molar-refractivity contribution in [3.63, 3.8) is 0 Å². The van der Waals surface area contributed by atoms with Gasteiger partial charge in [0, 0.05) is 53.6 Å². The molecule has 36 nitrogen and oxygen atoms in total. The Kier molecular flexibility index (Phi) is 48.0. The number of likely N-dealkylation sites (tertiary alicyclic amines) is 1. The fraction of sp³-hybridized carbons (Fsp3) is 0.721. The zero-order valence-corrected chi connectivity index (χ0v) is 74.4. The number of unbranched alkanes of at least 4 members (excludes halogenated alkanes) is 1. The predicted molar refractivity (Wildman–Crippen MR) is 456 cm³/mol. The van der Waals surface area contributed by atoms with E-state index < -0.39 is 138 Å². The van der Waals surface area contributed by atoms with E-state index in [4.69, 9.17) is 59.2 Å². The van der Waals surface area contributed by atoms with Crippen molar-refractivity contribution in [1.29, 1.82) is 0 Å². The number of amides is 11. The van der Waals surface area contributed by atoms with Gasteiger partial charge in [-0.3, -0.25) is 43.3 Å². The highest BCUT2D eigenvalue weighted by atomic mass is 16.6. The van der Waals surface area contributed by atoms with E-state index in [2.05, 4.69) is 47.5 Å². The highest BCUT2D eigenvalue weighted by Crippen LogP contribution is 2.32. The van der Waals surface area contributed by atoms with Crippen LogP contribution in [0.5, 0.6) is 0 Å². The summed E-state index contributed by atoms with van der Waals surface area (Å²) in [6.07, 6.45) is 3.90. The van der Waals surface area contributed by atoms with Crippen molar-refractivity contribution in [3.8, 4) is 0 Å². The lowest BCUT2D eigenvalue weighted by Crippen LogP contribution is -2.60. The van der Waals surface area contributed by atoms with E-state index in [1.54, 1.807) is 109 Å². The molecular formula is C86H143N15O21. The number of aromatic nitrogens is 3. The predicted octanol–water partition coefficient (Wildman–Crippen LogP) is 4.75. The molecule has 1 fully saturated rings. The molecule has 1 aliphatic heterocycles. The maximum atomic E-state index is 14.9. The monoisotopic (exact) mass is 1720 g/mol. The molecule has 0 radical (unpaired) electrons. The number of aliphatic hydroxyl groups excluding tert-OH is 2. The first-order chi connectivity index (χ1) is 58.4. The van der Waals surface area contributed by atoms with Gasteiger partial charge in [0.05, 0.1) is 140 Å². The number of benzene rings is 2. The lowest BCUT2D eigenvalue weighted by molar-refractivity contribution is -0.148. The first-order valence-corrected chi connectivity index (χ1v) is 43.3. The van der Waals surface area contributed by atoms with Gasteiger partial charge < -0.3 is 111 Å². The number of nitrogens with one attached hydrogen (secondary N) is 7. The van der Waals surface area contributed by atoms with E-state index in [-0.39, 0.29) is 82.3 Å². The molecule has 1 unspecified atom stereocenters. The van der Waals surface area contributed by atoms with Crippen molar-refractivity contribution < 1.29 is 101 Å². The first kappa shape index (κ1) is 104. The van der Waals surface area contributed by atoms with Crippen LogP contribution in [0.3, 0.4) is 0 Å². The molecule has 122 heavy (non-hydrogen) atoms. The second-order valence-corrected chi connectivity index (χ2v) is 32.5. The molecule has 5 rings (SSSR count). The molecule has 1 saturated heterocycles. The summed E-state index contributed by atoms with van der Waals surface area (Å²) >= 11 is 0. The SMILES string of the molecule is CC[C@H](C)[C@@H]([C@@H](CC(=O)N1CCC[C@H]1[C@H](OC)[C@@H](C)C(=O)N[C@H](C)[C@@H](O)c1ccccc1)OC)N(C)C(=O)[C@@H](NC(=O)[C@H](C(C)C)N(C)C(=O)OCc1ccc(NC(=O)[C@H](CCCNC(N)=O)NC(=O)[C@@H](NC(=O)[C@H](N)CCCCNC(=O)COC2CCCCCc3c2nnn3CCOCCOCCOCCOCCOCCO)C(C)C)cc1)C(C)C. The average molecular weight is 1720 g/mol. The van der Waals surface area contributed by atoms with Gasteiger partial charge in [0.15, 0.2) is 0 Å². The molecule has 0 spiro atoms. The molecule has 2 heterocycles. The molecular weight excluding hydrogens is 1580 g/mol. The van der Waals surface area contributed by atoms with Crippen molar-refractivity contribution in [1.82, 2.24) is 61.6 Å². The zero-order chi connectivity index (χ0) is 89.8. The Morgan fingerprint density at radius 1 is 0.639 bits per heavy atom. The number of carbonyl (C=O) groups is 10. The minimum Gasteiger partial charge on any atom is -0.445 e. The van der Waals surface area contributed by atoms with Crippen LogP contribution in [-0.2, 0) is 101 Å². The Morgan fingerprint density at radius 2 is 1.26 bits per heavy atom. The number of likely N-dealkylation sites (N-methyl/N-ethyl adjacent to an activating group) is 2. The van der Waals surface area contributed by atoms with Crippen LogP contribution in [0, 0.1) is 29.6 Å². The summed E-state index contributed by atoms with van der Waals surface area (Å²) < 4.78 is 53.3. The molecule has 14 atom stereocenters. The van der Waals surface area contributed by atoms with Crippen LogP contribution >= 0.6 is 0 Å². The number of anilines is 1. The molecule has 13 N–H and O–H groups in total. The first-order valence-electron chi connectivity index (χ1n) is 43.3. The molecule has 2 aromatic carbocycles. The summed E-state index contributed by atoms with van der Waals surface area (Å²) in [4.78, 5) is 142. The molecule has 3 aromatic rings. The molecule has 1 aliphatic carbocycles. The van der Waals surface area contributed by atoms with Crippen LogP contribution in [0.2, 0.25) is 0 Å². The van der Waals surface area contributed by atoms with E-state index in [0.717, 1.165) is 37.1 Å². The maximum absolute atomic E-state index is 14.9. The fourth-order valence-corrected chi connectivity index (χ4v) is 15.1. The van der Waals surface area contributed by atoms with E-state index in [1.807, 2.05) is 36.7 Å². The number of primary amides is 1. The van der Waals surface area contributed by atoms with E-state index >= 15 is 0 Å². The van der Waals surface area contributed by atoms with Crippen LogP contribution in [-0.4, -0.2) is 287 Å². The van der Waals surface area contributed by atoms with Gasteiger partial charge in [0.2, 0.25) is 47.3 Å². The molecule has 1 aromatic heterocycles. The van der Waals surface area contributed by atoms with Crippen LogP contribution in [0.1, 0.15) is 187 Å². The quantitative estimate of drug-likeness (QED) is 0.0340. The third-order valence-electron chi connectivity index (χ3n) is 22.3. The molecule has 0 saturated carbocycles. The minimum absolute atomic E-state index is 0.0180. The van der Waals surface area contributed by atoms with Crippen molar-refractivity contribution in [2.45, 2.75) is 245 Å². The lowest BCUT2D eigenvalue weighted by Gasteiger charge is -2.41. The summed E-state index contributed by atoms with van der Waals surface area (Å²) in [5.74, 6) is -6.01. The largest absolute Gasteiger partial charge is 0.445 e. The standard InChI is InChI=1S/C86H143N15O21/c1-15-58(8)76(69(114-13)52-71(104)100-39-25-31-67(100)78(115-14)59(9)79(106)91-60(10)77(105)62-26-18-16-19-27-62)98(11)84(111)73(56(4)5)95-83(110)75(57(6)7)99(12)86(113)122-53-61-33-35-63(36-34-61)92-81(108)65(29-24-38-90-85(88)112)93-82(109)72(55(2)3)94-80(107)64(87)28-22-23-37-89-70(103)54-121-68-32-21-17-20-30-66-74(68)96-97-101(66)40-42-116-44-46-118-48-50-120-51-49-119-47-45-117-43-41-102/h16,18-19,26-27,33-36,55-60,64-65,67-69,72-73,75-78,102,105H,15,17,20-25,28-32,37-54,87H2,1-14H3,(H,89,103)(H,91,106)(H,92,108)(H,93,109)(H,94,107)(H,95,110)(H3,88,90,112)/t58-,59+,60+,64+,65-,67-,68?,69+,72-,73-,75-,76-,77+,78+/m0/s1. The summed E-state index contributed by atoms with van der Waals surface area (Å²) in [6.45, 7) is 22.9. The van der Waals surface area contributed by atoms with Gasteiger partial charge in [-0.25, -0.2) is 14.3 Å². The third kappa shape index (κ3) is 34.9. The molecule has 11 amide bonds. The summed E-state index contributed by atoms with van der Waals surface area (Å²) in [5, 5.41) is 48.2. The number of fused-ring (bicyclic) bond motifs is 1. The Hall–Kier alpha value is -8.56. The van der Waals surface area contributed by atoms with Gasteiger partial charge in [-0.15, -0.1) is 5.10 Å².